The first-order chi connectivity index (χ1) is 45.4. The summed E-state index contributed by atoms with van der Waals surface area (Å²) in [5.74, 6) is -0.557. The fourth-order valence-electron chi connectivity index (χ4n) is 11.5. The van der Waals surface area contributed by atoms with E-state index in [1.54, 1.807) is 0 Å². The minimum absolute atomic E-state index is 0.106. The Kier molecular flexibility index (Phi) is 65.5. The van der Waals surface area contributed by atoms with E-state index in [1.165, 1.54) is 199 Å². The van der Waals surface area contributed by atoms with Crippen LogP contribution in [0, 0.1) is 11.8 Å². The van der Waals surface area contributed by atoms with Crippen LogP contribution < -0.4 is 0 Å². The van der Waals surface area contributed by atoms with Crippen LogP contribution in [-0.4, -0.2) is 96.7 Å². The van der Waals surface area contributed by atoms with Crippen LogP contribution in [0.5, 0.6) is 0 Å². The highest BCUT2D eigenvalue weighted by molar-refractivity contribution is 7.47. The van der Waals surface area contributed by atoms with Crippen molar-refractivity contribution in [2.75, 3.05) is 39.6 Å². The third-order valence-electron chi connectivity index (χ3n) is 17.5. The van der Waals surface area contributed by atoms with E-state index in [-0.39, 0.29) is 25.7 Å². The van der Waals surface area contributed by atoms with E-state index in [0.717, 1.165) is 108 Å². The second-order valence-corrected chi connectivity index (χ2v) is 30.9. The molecule has 17 nitrogen and oxygen atoms in total. The number of hydrogen-bond donors (Lipinski definition) is 3. The lowest BCUT2D eigenvalue weighted by molar-refractivity contribution is -0.161. The molecule has 0 radical (unpaired) electrons. The van der Waals surface area contributed by atoms with Gasteiger partial charge in [-0.2, -0.15) is 0 Å². The maximum absolute atomic E-state index is 13.1. The highest BCUT2D eigenvalue weighted by Gasteiger charge is 2.30. The fourth-order valence-corrected chi connectivity index (χ4v) is 13.1. The van der Waals surface area contributed by atoms with Crippen LogP contribution in [-0.2, 0) is 65.4 Å². The van der Waals surface area contributed by atoms with Crippen LogP contribution in [0.4, 0.5) is 0 Å². The molecule has 558 valence electrons. The van der Waals surface area contributed by atoms with E-state index in [0.29, 0.717) is 25.7 Å². The molecule has 94 heavy (non-hydrogen) atoms. The number of aliphatic hydroxyl groups is 1. The fraction of sp³-hybridized carbons (Fsp3) is 0.947. The van der Waals surface area contributed by atoms with Crippen LogP contribution in [0.3, 0.4) is 0 Å². The Labute approximate surface area is 575 Å². The summed E-state index contributed by atoms with van der Waals surface area (Å²) in [5, 5.41) is 10.6. The lowest BCUT2D eigenvalue weighted by Gasteiger charge is -2.21. The van der Waals surface area contributed by atoms with Crippen molar-refractivity contribution in [2.24, 2.45) is 11.8 Å². The summed E-state index contributed by atoms with van der Waals surface area (Å²) < 4.78 is 68.4. The van der Waals surface area contributed by atoms with Gasteiger partial charge in [-0.3, -0.25) is 37.3 Å². The molecule has 0 fully saturated rings. The number of phosphoric acid groups is 2. The van der Waals surface area contributed by atoms with Gasteiger partial charge in [0.1, 0.15) is 19.3 Å². The van der Waals surface area contributed by atoms with Crippen LogP contribution >= 0.6 is 15.6 Å². The number of carbonyl (C=O) groups is 4. The number of phosphoric ester groups is 2. The average Bonchev–Trinajstić information content (AvgIpc) is 1.86. The molecule has 0 amide bonds. The van der Waals surface area contributed by atoms with Crippen molar-refractivity contribution in [3.8, 4) is 0 Å². The minimum atomic E-state index is -4.96. The maximum Gasteiger partial charge on any atom is 0.472 e. The molecule has 19 heteroatoms. The van der Waals surface area contributed by atoms with Crippen molar-refractivity contribution in [1.29, 1.82) is 0 Å². The molecule has 0 saturated carbocycles. The van der Waals surface area contributed by atoms with Crippen molar-refractivity contribution in [3.63, 3.8) is 0 Å². The Balaban J connectivity index is 5.22. The molecule has 0 rings (SSSR count). The summed E-state index contributed by atoms with van der Waals surface area (Å²) in [4.78, 5) is 72.7. The van der Waals surface area contributed by atoms with Gasteiger partial charge in [-0.25, -0.2) is 9.13 Å². The van der Waals surface area contributed by atoms with E-state index in [1.807, 2.05) is 0 Å². The lowest BCUT2D eigenvalue weighted by Crippen LogP contribution is -2.30. The predicted octanol–water partition coefficient (Wildman–Crippen LogP) is 21.9. The van der Waals surface area contributed by atoms with E-state index in [4.69, 9.17) is 37.0 Å². The number of carbonyl (C=O) groups excluding carboxylic acids is 4. The topological polar surface area (TPSA) is 237 Å². The van der Waals surface area contributed by atoms with E-state index >= 15 is 0 Å². The van der Waals surface area contributed by atoms with Gasteiger partial charge in [-0.05, 0) is 37.5 Å². The van der Waals surface area contributed by atoms with Gasteiger partial charge in [-0.1, -0.05) is 337 Å². The zero-order valence-corrected chi connectivity index (χ0v) is 63.1. The molecular formula is C75H146O17P2. The van der Waals surface area contributed by atoms with Gasteiger partial charge in [0.05, 0.1) is 26.4 Å². The largest absolute Gasteiger partial charge is 0.472 e. The van der Waals surface area contributed by atoms with Gasteiger partial charge >= 0.3 is 39.5 Å². The van der Waals surface area contributed by atoms with Gasteiger partial charge < -0.3 is 33.8 Å². The maximum atomic E-state index is 13.1. The third kappa shape index (κ3) is 68.6. The summed E-state index contributed by atoms with van der Waals surface area (Å²) in [6.07, 6.45) is 54.1. The Hall–Kier alpha value is -1.94. The molecule has 0 aromatic rings. The minimum Gasteiger partial charge on any atom is -0.462 e. The van der Waals surface area contributed by atoms with Crippen molar-refractivity contribution in [1.82, 2.24) is 0 Å². The molecule has 0 spiro atoms. The van der Waals surface area contributed by atoms with Crippen LogP contribution in [0.1, 0.15) is 388 Å². The molecule has 0 aromatic carbocycles. The molecule has 0 saturated heterocycles. The zero-order chi connectivity index (χ0) is 69.3. The quantitative estimate of drug-likeness (QED) is 0.0222. The predicted molar refractivity (Wildman–Crippen MR) is 381 cm³/mol. The molecule has 0 bridgehead atoms. The summed E-state index contributed by atoms with van der Waals surface area (Å²) in [5.41, 5.74) is 0. The number of esters is 4. The summed E-state index contributed by atoms with van der Waals surface area (Å²) in [6.45, 7) is 9.59. The number of aliphatic hydroxyl groups excluding tert-OH is 1. The number of hydrogen-bond acceptors (Lipinski definition) is 15. The second kappa shape index (κ2) is 66.9. The van der Waals surface area contributed by atoms with E-state index in [2.05, 4.69) is 41.5 Å². The lowest BCUT2D eigenvalue weighted by atomic mass is 10.0. The number of rotatable bonds is 74. The average molecular weight is 1380 g/mol. The first kappa shape index (κ1) is 92.1. The standard InChI is InChI=1S/C75H146O17P2/c1-7-9-11-13-15-17-18-19-20-24-29-34-40-46-52-58-73(78)86-64-71(92-74(79)59-53-47-41-35-30-25-22-21-23-27-32-37-43-49-55-67(3)4)66-90-94(83,84)88-62-69(76)61-87-93(81,82)89-65-70(63-85-72(77)57-51-45-39-16-14-12-10-8-2)91-75(80)60-54-48-42-36-31-26-28-33-38-44-50-56-68(5)6/h67-71,76H,7-66H2,1-6H3,(H,81,82)(H,83,84)/t69-,70+,71+/m0/s1. The van der Waals surface area contributed by atoms with E-state index in [9.17, 15) is 43.2 Å². The molecule has 0 aromatic heterocycles. The molecule has 2 unspecified atom stereocenters. The molecule has 0 aliphatic heterocycles. The summed E-state index contributed by atoms with van der Waals surface area (Å²) >= 11 is 0. The van der Waals surface area contributed by atoms with Crippen molar-refractivity contribution in [2.45, 2.75) is 407 Å². The number of ether oxygens (including phenoxy) is 4. The first-order valence-corrected chi connectivity index (χ1v) is 42.0. The smallest absolute Gasteiger partial charge is 0.462 e. The van der Waals surface area contributed by atoms with Gasteiger partial charge in [-0.15, -0.1) is 0 Å². The van der Waals surface area contributed by atoms with Crippen LogP contribution in [0.25, 0.3) is 0 Å². The second-order valence-electron chi connectivity index (χ2n) is 28.0. The molecule has 5 atom stereocenters. The molecule has 0 aliphatic carbocycles. The molecule has 0 heterocycles. The Morgan fingerprint density at radius 1 is 0.287 bits per heavy atom. The van der Waals surface area contributed by atoms with Gasteiger partial charge in [0.25, 0.3) is 0 Å². The number of unbranched alkanes of at least 4 members (excludes halogenated alkanes) is 44. The van der Waals surface area contributed by atoms with Crippen molar-refractivity contribution in [3.05, 3.63) is 0 Å². The van der Waals surface area contributed by atoms with Crippen molar-refractivity contribution >= 4 is 39.5 Å². The van der Waals surface area contributed by atoms with Gasteiger partial charge in [0.2, 0.25) is 0 Å². The highest BCUT2D eigenvalue weighted by Crippen LogP contribution is 2.45. The SMILES string of the molecule is CCCCCCCCCCCCCCCCCC(=O)OC[C@H](COP(=O)(O)OC[C@@H](O)COP(=O)(O)OC[C@@H](COC(=O)CCCCCCCCCC)OC(=O)CCCCCCCCCCCCCC(C)C)OC(=O)CCCCCCCCCCCCCCCCC(C)C. The summed E-state index contributed by atoms with van der Waals surface area (Å²) in [7, 11) is -9.91. The first-order valence-electron chi connectivity index (χ1n) is 39.0. The van der Waals surface area contributed by atoms with Crippen LogP contribution in [0.15, 0.2) is 0 Å². The Bertz CT molecular complexity index is 1820. The highest BCUT2D eigenvalue weighted by atomic mass is 31.2. The van der Waals surface area contributed by atoms with Gasteiger partial charge in [0, 0.05) is 25.7 Å². The van der Waals surface area contributed by atoms with Crippen molar-refractivity contribution < 1.29 is 80.2 Å². The zero-order valence-electron chi connectivity index (χ0n) is 61.3. The Morgan fingerprint density at radius 2 is 0.489 bits per heavy atom. The Morgan fingerprint density at radius 3 is 0.723 bits per heavy atom. The monoisotopic (exact) mass is 1380 g/mol. The van der Waals surface area contributed by atoms with E-state index < -0.39 is 97.5 Å². The molecular weight excluding hydrogens is 1230 g/mol. The molecule has 3 N–H and O–H groups in total. The normalized spacial score (nSPS) is 14.0. The van der Waals surface area contributed by atoms with Crippen LogP contribution in [0.2, 0.25) is 0 Å². The van der Waals surface area contributed by atoms with Gasteiger partial charge in [0.15, 0.2) is 12.2 Å². The summed E-state index contributed by atoms with van der Waals surface area (Å²) in [6, 6.07) is 0. The molecule has 0 aliphatic rings. The third-order valence-corrected chi connectivity index (χ3v) is 19.4.